The van der Waals surface area contributed by atoms with Crippen molar-refractivity contribution >= 4 is 45.6 Å². The molecule has 0 saturated heterocycles. The number of para-hydroxylation sites is 2. The molecule has 1 heterocycles. The zero-order valence-corrected chi connectivity index (χ0v) is 21.0. The second kappa shape index (κ2) is 10.6. The van der Waals surface area contributed by atoms with Gasteiger partial charge in [0.15, 0.2) is 11.7 Å². The van der Waals surface area contributed by atoms with Crippen molar-refractivity contribution in [2.24, 2.45) is 10.7 Å². The first kappa shape index (κ1) is 25.9. The van der Waals surface area contributed by atoms with Crippen LogP contribution in [0.2, 0.25) is 5.02 Å². The highest BCUT2D eigenvalue weighted by Crippen LogP contribution is 2.39. The van der Waals surface area contributed by atoms with E-state index in [1.807, 2.05) is 0 Å². The van der Waals surface area contributed by atoms with Crippen molar-refractivity contribution in [3.8, 4) is 11.1 Å². The molecule has 5 nitrogen and oxygen atoms in total. The summed E-state index contributed by atoms with van der Waals surface area (Å²) in [6, 6.07) is 26.1. The molecule has 4 aromatic carbocycles. The van der Waals surface area contributed by atoms with Gasteiger partial charge in [0.05, 0.1) is 21.8 Å². The number of aromatic nitrogens is 1. The summed E-state index contributed by atoms with van der Waals surface area (Å²) in [7, 11) is 0. The highest BCUT2D eigenvalue weighted by molar-refractivity contribution is 6.33. The van der Waals surface area contributed by atoms with Crippen LogP contribution in [0.15, 0.2) is 108 Å². The number of rotatable bonds is 5. The van der Waals surface area contributed by atoms with Gasteiger partial charge in [-0.15, -0.1) is 0 Å². The van der Waals surface area contributed by atoms with Gasteiger partial charge >= 0.3 is 6.18 Å². The van der Waals surface area contributed by atoms with E-state index in [4.69, 9.17) is 17.3 Å². The summed E-state index contributed by atoms with van der Waals surface area (Å²) >= 11 is 6.17. The largest absolute Gasteiger partial charge is 0.418 e. The maximum atomic E-state index is 13.8. The average Bonchev–Trinajstić information content (AvgIpc) is 2.93. The average molecular weight is 545 g/mol. The maximum Gasteiger partial charge on any atom is 0.418 e. The summed E-state index contributed by atoms with van der Waals surface area (Å²) in [6.07, 6.45) is -3.42. The number of alkyl halides is 3. The molecule has 0 saturated carbocycles. The number of nitrogens with zero attached hydrogens (tertiary/aromatic N) is 2. The van der Waals surface area contributed by atoms with E-state index in [0.29, 0.717) is 33.1 Å². The summed E-state index contributed by atoms with van der Waals surface area (Å²) in [6.45, 7) is 0. The van der Waals surface area contributed by atoms with Gasteiger partial charge in [0.2, 0.25) is 0 Å². The first-order valence-electron chi connectivity index (χ1n) is 11.8. The molecule has 9 heteroatoms. The first-order chi connectivity index (χ1) is 18.7. The van der Waals surface area contributed by atoms with Crippen molar-refractivity contribution in [2.45, 2.75) is 6.18 Å². The van der Waals surface area contributed by atoms with E-state index in [1.165, 1.54) is 18.3 Å². The highest BCUT2D eigenvalue weighted by Gasteiger charge is 2.34. The first-order valence-corrected chi connectivity index (χ1v) is 12.1. The van der Waals surface area contributed by atoms with Crippen LogP contribution in [0.1, 0.15) is 21.5 Å². The van der Waals surface area contributed by atoms with E-state index in [0.717, 1.165) is 6.07 Å². The molecular formula is C30H20ClF3N4O. The van der Waals surface area contributed by atoms with Crippen molar-refractivity contribution in [2.75, 3.05) is 5.32 Å². The molecule has 0 aliphatic heterocycles. The number of nitrogens with two attached hydrogens (primary N) is 1. The Hall–Kier alpha value is -4.69. The van der Waals surface area contributed by atoms with Gasteiger partial charge in [0, 0.05) is 34.0 Å². The maximum absolute atomic E-state index is 13.8. The lowest BCUT2D eigenvalue weighted by Crippen LogP contribution is -2.21. The fourth-order valence-electron chi connectivity index (χ4n) is 4.28. The van der Waals surface area contributed by atoms with E-state index in [9.17, 15) is 18.0 Å². The second-order valence-corrected chi connectivity index (χ2v) is 9.00. The van der Waals surface area contributed by atoms with Crippen LogP contribution in [-0.2, 0) is 6.18 Å². The number of benzene rings is 4. The Kier molecular flexibility index (Phi) is 7.04. The quantitative estimate of drug-likeness (QED) is 0.134. The van der Waals surface area contributed by atoms with Crippen LogP contribution in [-0.4, -0.2) is 16.7 Å². The van der Waals surface area contributed by atoms with Gasteiger partial charge < -0.3 is 11.1 Å². The Morgan fingerprint density at radius 1 is 0.897 bits per heavy atom. The molecule has 0 aliphatic rings. The number of hydrogen-bond donors (Lipinski definition) is 2. The lowest BCUT2D eigenvalue weighted by atomic mass is 9.91. The van der Waals surface area contributed by atoms with Gasteiger partial charge in [0.25, 0.3) is 0 Å². The number of fused-ring (bicyclic) bond motifs is 1. The molecule has 0 unspecified atom stereocenters. The van der Waals surface area contributed by atoms with Crippen LogP contribution in [0.4, 0.5) is 24.5 Å². The number of anilines is 1. The molecule has 3 N–H and O–H groups in total. The van der Waals surface area contributed by atoms with Gasteiger partial charge in [-0.2, -0.15) is 13.2 Å². The fraction of sp³-hybridized carbons (Fsp3) is 0.0333. The molecule has 39 heavy (non-hydrogen) atoms. The number of nitrogens with one attached hydrogen (secondary N) is 1. The van der Waals surface area contributed by atoms with Crippen molar-refractivity contribution in [1.29, 1.82) is 0 Å². The molecule has 0 radical (unpaired) electrons. The van der Waals surface area contributed by atoms with Crippen LogP contribution in [0.3, 0.4) is 0 Å². The summed E-state index contributed by atoms with van der Waals surface area (Å²) in [5.74, 6) is -0.310. The van der Waals surface area contributed by atoms with Crippen LogP contribution in [0.25, 0.3) is 22.0 Å². The third kappa shape index (κ3) is 5.46. The lowest BCUT2D eigenvalue weighted by molar-refractivity contribution is -0.136. The monoisotopic (exact) mass is 544 g/mol. The lowest BCUT2D eigenvalue weighted by Gasteiger charge is -2.16. The summed E-state index contributed by atoms with van der Waals surface area (Å²) in [5, 5.41) is 3.60. The normalized spacial score (nSPS) is 11.9. The van der Waals surface area contributed by atoms with E-state index < -0.39 is 11.7 Å². The van der Waals surface area contributed by atoms with Crippen LogP contribution in [0, 0.1) is 0 Å². The van der Waals surface area contributed by atoms with Crippen molar-refractivity contribution in [1.82, 2.24) is 4.98 Å². The number of ketones is 1. The van der Waals surface area contributed by atoms with Gasteiger partial charge in [-0.3, -0.25) is 9.78 Å². The SMILES string of the molecule is NC(=Nc1ccccc1Cl)Nc1cccc(-c2c(C(=O)c3ccccc3)cnc3c(C(F)(F)F)cccc23)c1. The molecular weight excluding hydrogens is 525 g/mol. The number of aliphatic imine (C=N–C) groups is 1. The molecule has 0 bridgehead atoms. The molecule has 1 aromatic heterocycles. The Balaban J connectivity index is 1.66. The number of guanidine groups is 1. The summed E-state index contributed by atoms with van der Waals surface area (Å²) in [4.78, 5) is 21.9. The Labute approximate surface area is 226 Å². The van der Waals surface area contributed by atoms with Crippen molar-refractivity contribution in [3.63, 3.8) is 0 Å². The zero-order chi connectivity index (χ0) is 27.6. The molecule has 0 fully saturated rings. The molecule has 0 aliphatic carbocycles. The van der Waals surface area contributed by atoms with Gasteiger partial charge in [-0.1, -0.05) is 78.3 Å². The molecule has 5 rings (SSSR count). The predicted octanol–water partition coefficient (Wildman–Crippen LogP) is 7.86. The van der Waals surface area contributed by atoms with Gasteiger partial charge in [-0.05, 0) is 35.9 Å². The Morgan fingerprint density at radius 2 is 1.62 bits per heavy atom. The molecule has 5 aromatic rings. The standard InChI is InChI=1S/C30H20ClF3N4O/c31-24-14-4-5-15-25(24)38-29(35)37-20-11-6-10-19(16-20)26-21-12-7-13-23(30(32,33)34)27(21)36-17-22(26)28(39)18-8-2-1-3-9-18/h1-17H,(H3,35,37,38). The predicted molar refractivity (Wildman–Crippen MR) is 148 cm³/mol. The van der Waals surface area contributed by atoms with Crippen LogP contribution >= 0.6 is 11.6 Å². The van der Waals surface area contributed by atoms with Crippen molar-refractivity contribution < 1.29 is 18.0 Å². The second-order valence-electron chi connectivity index (χ2n) is 8.60. The fourth-order valence-corrected chi connectivity index (χ4v) is 4.46. The van der Waals surface area contributed by atoms with E-state index in [-0.39, 0.29) is 28.2 Å². The van der Waals surface area contributed by atoms with E-state index >= 15 is 0 Å². The van der Waals surface area contributed by atoms with Gasteiger partial charge in [0.1, 0.15) is 0 Å². The molecule has 0 atom stereocenters. The molecule has 0 amide bonds. The third-order valence-corrected chi connectivity index (χ3v) is 6.32. The number of carbonyl (C=O) groups excluding carboxylic acids is 1. The highest BCUT2D eigenvalue weighted by atomic mass is 35.5. The molecule has 0 spiro atoms. The summed E-state index contributed by atoms with van der Waals surface area (Å²) in [5.41, 5.74) is 7.32. The van der Waals surface area contributed by atoms with Crippen LogP contribution < -0.4 is 11.1 Å². The van der Waals surface area contributed by atoms with Gasteiger partial charge in [-0.25, -0.2) is 4.99 Å². The minimum absolute atomic E-state index is 0.0554. The van der Waals surface area contributed by atoms with Crippen molar-refractivity contribution in [3.05, 3.63) is 125 Å². The summed E-state index contributed by atoms with van der Waals surface area (Å²) < 4.78 is 41.5. The smallest absolute Gasteiger partial charge is 0.369 e. The minimum Gasteiger partial charge on any atom is -0.369 e. The van der Waals surface area contributed by atoms with E-state index in [1.54, 1.807) is 78.9 Å². The number of pyridine rings is 1. The minimum atomic E-state index is -4.62. The Bertz CT molecular complexity index is 1720. The zero-order valence-electron chi connectivity index (χ0n) is 20.2. The van der Waals surface area contributed by atoms with E-state index in [2.05, 4.69) is 15.3 Å². The number of carbonyl (C=O) groups is 1. The third-order valence-electron chi connectivity index (χ3n) is 6.00. The Morgan fingerprint density at radius 3 is 2.36 bits per heavy atom. The molecule has 194 valence electrons. The number of halogens is 4. The van der Waals surface area contributed by atoms with Crippen LogP contribution in [0.5, 0.6) is 0 Å². The number of hydrogen-bond acceptors (Lipinski definition) is 3. The topological polar surface area (TPSA) is 80.4 Å².